The van der Waals surface area contributed by atoms with Gasteiger partial charge in [-0.1, -0.05) is 23.2 Å². The summed E-state index contributed by atoms with van der Waals surface area (Å²) in [6.45, 7) is 0. The number of fused-ring (bicyclic) bond motifs is 1. The summed E-state index contributed by atoms with van der Waals surface area (Å²) in [5, 5.41) is 1.16. The maximum Gasteiger partial charge on any atom is 0.260 e. The molecule has 0 atom stereocenters. The fourth-order valence-corrected chi connectivity index (χ4v) is 3.58. The lowest BCUT2D eigenvalue weighted by atomic mass is 10.2. The Hall–Kier alpha value is -2.22. The largest absolute Gasteiger partial charge is 0.495 e. The molecule has 1 amide bonds. The third-order valence-electron chi connectivity index (χ3n) is 3.24. The number of benzene rings is 1. The van der Waals surface area contributed by atoms with Crippen molar-refractivity contribution < 1.29 is 14.3 Å². The van der Waals surface area contributed by atoms with Crippen molar-refractivity contribution in [3.63, 3.8) is 0 Å². The molecule has 0 aliphatic heterocycles. The first-order valence-corrected chi connectivity index (χ1v) is 8.17. The minimum Gasteiger partial charge on any atom is -0.495 e. The van der Waals surface area contributed by atoms with Gasteiger partial charge in [0.05, 0.1) is 28.2 Å². The van der Waals surface area contributed by atoms with E-state index in [1.165, 1.54) is 13.2 Å². The standard InChI is InChI=1S/C15H11Cl2N3O3S/c1-22-9-5-10(7(17)4-6(9)16)23-8-2-3-20-15-11(8)12(18)13(24-15)14(19)21/h2-5H,18H2,1H3,(H2,19,21). The Labute approximate surface area is 150 Å². The van der Waals surface area contributed by atoms with Crippen molar-refractivity contribution in [3.8, 4) is 17.2 Å². The van der Waals surface area contributed by atoms with Crippen molar-refractivity contribution in [1.82, 2.24) is 4.98 Å². The number of carbonyl (C=O) groups excluding carboxylic acids is 1. The number of anilines is 1. The SMILES string of the molecule is COc1cc(Oc2ccnc3sc(C(N)=O)c(N)c23)c(Cl)cc1Cl. The summed E-state index contributed by atoms with van der Waals surface area (Å²) in [4.78, 5) is 16.4. The second-order valence-electron chi connectivity index (χ2n) is 4.72. The number of methoxy groups -OCH3 is 1. The van der Waals surface area contributed by atoms with Crippen molar-refractivity contribution in [3.05, 3.63) is 39.3 Å². The first-order valence-electron chi connectivity index (χ1n) is 6.60. The number of amides is 1. The molecular weight excluding hydrogens is 373 g/mol. The lowest BCUT2D eigenvalue weighted by Gasteiger charge is -2.11. The van der Waals surface area contributed by atoms with Crippen LogP contribution < -0.4 is 20.9 Å². The topological polar surface area (TPSA) is 100 Å². The highest BCUT2D eigenvalue weighted by Gasteiger charge is 2.19. The molecular formula is C15H11Cl2N3O3S. The molecule has 24 heavy (non-hydrogen) atoms. The van der Waals surface area contributed by atoms with E-state index in [1.54, 1.807) is 18.3 Å². The predicted molar refractivity (Wildman–Crippen MR) is 95.6 cm³/mol. The van der Waals surface area contributed by atoms with Crippen LogP contribution in [-0.2, 0) is 0 Å². The van der Waals surface area contributed by atoms with Crippen LogP contribution in [0.15, 0.2) is 24.4 Å². The quantitative estimate of drug-likeness (QED) is 0.706. The van der Waals surface area contributed by atoms with Gasteiger partial charge in [0, 0.05) is 12.3 Å². The van der Waals surface area contributed by atoms with Gasteiger partial charge in [0.1, 0.15) is 27.0 Å². The summed E-state index contributed by atoms with van der Waals surface area (Å²) < 4.78 is 11.0. The Morgan fingerprint density at radius 3 is 2.58 bits per heavy atom. The van der Waals surface area contributed by atoms with E-state index in [2.05, 4.69) is 4.98 Å². The second kappa shape index (κ2) is 6.35. The lowest BCUT2D eigenvalue weighted by Crippen LogP contribution is -2.10. The highest BCUT2D eigenvalue weighted by atomic mass is 35.5. The number of thiophene rings is 1. The third kappa shape index (κ3) is 2.82. The van der Waals surface area contributed by atoms with Gasteiger partial charge >= 0.3 is 0 Å². The van der Waals surface area contributed by atoms with Crippen molar-refractivity contribution >= 4 is 56.3 Å². The van der Waals surface area contributed by atoms with Crippen LogP contribution in [0.5, 0.6) is 17.2 Å². The van der Waals surface area contributed by atoms with Gasteiger partial charge in [0.15, 0.2) is 0 Å². The smallest absolute Gasteiger partial charge is 0.260 e. The molecule has 6 nitrogen and oxygen atoms in total. The zero-order valence-corrected chi connectivity index (χ0v) is 14.6. The summed E-state index contributed by atoms with van der Waals surface area (Å²) in [5.74, 6) is 0.522. The predicted octanol–water partition coefficient (Wildman–Crippen LogP) is 4.09. The van der Waals surface area contributed by atoms with Crippen LogP contribution >= 0.6 is 34.5 Å². The molecule has 0 aliphatic rings. The highest BCUT2D eigenvalue weighted by molar-refractivity contribution is 7.21. The molecule has 3 aromatic rings. The number of hydrogen-bond acceptors (Lipinski definition) is 6. The van der Waals surface area contributed by atoms with Gasteiger partial charge in [-0.05, 0) is 12.1 Å². The van der Waals surface area contributed by atoms with Crippen LogP contribution in [0.3, 0.4) is 0 Å². The molecule has 0 aliphatic carbocycles. The summed E-state index contributed by atoms with van der Waals surface area (Å²) in [6, 6.07) is 4.70. The van der Waals surface area contributed by atoms with Gasteiger partial charge < -0.3 is 20.9 Å². The molecule has 0 unspecified atom stereocenters. The molecule has 0 saturated carbocycles. The zero-order chi connectivity index (χ0) is 17.4. The highest BCUT2D eigenvalue weighted by Crippen LogP contribution is 2.42. The van der Waals surface area contributed by atoms with E-state index >= 15 is 0 Å². The average molecular weight is 384 g/mol. The van der Waals surface area contributed by atoms with Gasteiger partial charge in [-0.2, -0.15) is 0 Å². The summed E-state index contributed by atoms with van der Waals surface area (Å²) in [6.07, 6.45) is 1.54. The summed E-state index contributed by atoms with van der Waals surface area (Å²) in [7, 11) is 1.49. The molecule has 4 N–H and O–H groups in total. The van der Waals surface area contributed by atoms with E-state index in [0.717, 1.165) is 11.3 Å². The van der Waals surface area contributed by atoms with Crippen molar-refractivity contribution in [2.45, 2.75) is 0 Å². The van der Waals surface area contributed by atoms with E-state index in [9.17, 15) is 4.79 Å². The van der Waals surface area contributed by atoms with Crippen LogP contribution in [0.1, 0.15) is 9.67 Å². The van der Waals surface area contributed by atoms with E-state index in [1.807, 2.05) is 0 Å². The molecule has 1 aromatic carbocycles. The average Bonchev–Trinajstić information content (AvgIpc) is 2.88. The number of nitrogen functional groups attached to an aromatic ring is 1. The first kappa shape index (κ1) is 16.6. The number of aromatic nitrogens is 1. The van der Waals surface area contributed by atoms with E-state index in [-0.39, 0.29) is 10.6 Å². The summed E-state index contributed by atoms with van der Waals surface area (Å²) in [5.41, 5.74) is 11.6. The van der Waals surface area contributed by atoms with Crippen LogP contribution in [0.4, 0.5) is 5.69 Å². The van der Waals surface area contributed by atoms with E-state index in [4.69, 9.17) is 44.1 Å². The van der Waals surface area contributed by atoms with Crippen LogP contribution in [0, 0.1) is 0 Å². The van der Waals surface area contributed by atoms with Gasteiger partial charge in [-0.3, -0.25) is 4.79 Å². The number of hydrogen-bond donors (Lipinski definition) is 2. The van der Waals surface area contributed by atoms with Gasteiger partial charge in [-0.15, -0.1) is 11.3 Å². The molecule has 0 radical (unpaired) electrons. The first-order chi connectivity index (χ1) is 11.4. The Kier molecular flexibility index (Phi) is 4.40. The minimum absolute atomic E-state index is 0.225. The van der Waals surface area contributed by atoms with Crippen LogP contribution in [0.25, 0.3) is 10.2 Å². The van der Waals surface area contributed by atoms with Crippen molar-refractivity contribution in [1.29, 1.82) is 0 Å². The number of halogens is 2. The number of primary amides is 1. The van der Waals surface area contributed by atoms with Crippen LogP contribution in [0.2, 0.25) is 10.0 Å². The Balaban J connectivity index is 2.13. The van der Waals surface area contributed by atoms with E-state index < -0.39 is 5.91 Å². The molecule has 0 fully saturated rings. The summed E-state index contributed by atoms with van der Waals surface area (Å²) >= 11 is 13.3. The number of nitrogens with two attached hydrogens (primary N) is 2. The molecule has 0 spiro atoms. The molecule has 9 heteroatoms. The number of rotatable bonds is 4. The monoisotopic (exact) mass is 383 g/mol. The Bertz CT molecular complexity index is 959. The Morgan fingerprint density at radius 1 is 1.21 bits per heavy atom. The van der Waals surface area contributed by atoms with Crippen LogP contribution in [-0.4, -0.2) is 18.0 Å². The minimum atomic E-state index is -0.618. The second-order valence-corrected chi connectivity index (χ2v) is 6.53. The maximum absolute atomic E-state index is 11.5. The third-order valence-corrected chi connectivity index (χ3v) is 4.96. The van der Waals surface area contributed by atoms with Crippen molar-refractivity contribution in [2.24, 2.45) is 5.73 Å². The molecule has 0 saturated heterocycles. The Morgan fingerprint density at radius 2 is 1.92 bits per heavy atom. The fourth-order valence-electron chi connectivity index (χ4n) is 2.15. The zero-order valence-electron chi connectivity index (χ0n) is 12.3. The number of carbonyl (C=O) groups is 1. The lowest BCUT2D eigenvalue weighted by molar-refractivity contribution is 0.100. The van der Waals surface area contributed by atoms with Crippen molar-refractivity contribution in [2.75, 3.05) is 12.8 Å². The van der Waals surface area contributed by atoms with E-state index in [0.29, 0.717) is 37.5 Å². The molecule has 3 rings (SSSR count). The normalized spacial score (nSPS) is 10.8. The molecule has 2 heterocycles. The molecule has 2 aromatic heterocycles. The maximum atomic E-state index is 11.5. The van der Waals surface area contributed by atoms with Gasteiger partial charge in [0.25, 0.3) is 5.91 Å². The molecule has 124 valence electrons. The van der Waals surface area contributed by atoms with Gasteiger partial charge in [0.2, 0.25) is 0 Å². The number of nitrogens with zero attached hydrogens (tertiary/aromatic N) is 1. The molecule has 0 bridgehead atoms. The number of ether oxygens (including phenoxy) is 2. The number of pyridine rings is 1. The van der Waals surface area contributed by atoms with Gasteiger partial charge in [-0.25, -0.2) is 4.98 Å². The fraction of sp³-hybridized carbons (Fsp3) is 0.0667.